The molecule has 5 nitrogen and oxygen atoms in total. The van der Waals surface area contributed by atoms with Gasteiger partial charge in [-0.2, -0.15) is 9.64 Å². The maximum absolute atomic E-state index is 10.3. The van der Waals surface area contributed by atoms with Crippen LogP contribution in [-0.4, -0.2) is 21.8 Å². The molecule has 0 aromatic carbocycles. The summed E-state index contributed by atoms with van der Waals surface area (Å²) in [6, 6.07) is 1.60. The number of carbonyl (C=O) groups excluding carboxylic acids is 1. The van der Waals surface area contributed by atoms with Gasteiger partial charge in [-0.1, -0.05) is 0 Å². The summed E-state index contributed by atoms with van der Waals surface area (Å²) < 4.78 is 5.36. The number of aromatic nitrogens is 2. The molecule has 0 fully saturated rings. The average Bonchev–Trinajstić information content (AvgIpc) is 2.77. The van der Waals surface area contributed by atoms with Gasteiger partial charge < -0.3 is 5.32 Å². The van der Waals surface area contributed by atoms with Gasteiger partial charge in [-0.25, -0.2) is 0 Å². The van der Waals surface area contributed by atoms with Gasteiger partial charge >= 0.3 is 0 Å². The summed E-state index contributed by atoms with van der Waals surface area (Å²) in [5, 5.41) is 12.5. The third-order valence-electron chi connectivity index (χ3n) is 2.76. The third kappa shape index (κ3) is 2.46. The van der Waals surface area contributed by atoms with E-state index in [2.05, 4.69) is 20.7 Å². The Morgan fingerprint density at radius 3 is 3.17 bits per heavy atom. The van der Waals surface area contributed by atoms with E-state index in [9.17, 15) is 4.79 Å². The third-order valence-corrected chi connectivity index (χ3v) is 3.63. The van der Waals surface area contributed by atoms with Crippen LogP contribution in [-0.2, 0) is 11.2 Å². The number of nitriles is 1. The molecular formula is C12H12N4OS. The Balaban J connectivity index is 2.19. The average molecular weight is 260 g/mol. The normalized spacial score (nSPS) is 12.0. The van der Waals surface area contributed by atoms with E-state index >= 15 is 0 Å². The molecule has 18 heavy (non-hydrogen) atoms. The van der Waals surface area contributed by atoms with Crippen molar-refractivity contribution in [1.82, 2.24) is 14.7 Å². The van der Waals surface area contributed by atoms with Crippen LogP contribution in [0.4, 0.5) is 0 Å². The van der Waals surface area contributed by atoms with Gasteiger partial charge in [0.05, 0.1) is 16.5 Å². The van der Waals surface area contributed by atoms with Gasteiger partial charge in [0.15, 0.2) is 0 Å². The van der Waals surface area contributed by atoms with Gasteiger partial charge in [0.1, 0.15) is 6.04 Å². The Morgan fingerprint density at radius 1 is 1.61 bits per heavy atom. The van der Waals surface area contributed by atoms with Crippen molar-refractivity contribution < 1.29 is 4.79 Å². The largest absolute Gasteiger partial charge is 0.343 e. The van der Waals surface area contributed by atoms with Crippen LogP contribution in [0.2, 0.25) is 0 Å². The SMILES string of the molecule is Cc1nsc2cncc(CCC(C#N)NC=O)c12. The zero-order valence-corrected chi connectivity index (χ0v) is 10.7. The van der Waals surface area contributed by atoms with Crippen LogP contribution < -0.4 is 5.32 Å². The van der Waals surface area contributed by atoms with E-state index in [1.165, 1.54) is 11.5 Å². The number of nitrogens with one attached hydrogen (secondary N) is 1. The first-order chi connectivity index (χ1) is 8.76. The molecule has 2 aromatic rings. The van der Waals surface area contributed by atoms with E-state index in [0.717, 1.165) is 21.3 Å². The van der Waals surface area contributed by atoms with Crippen LogP contribution in [0.5, 0.6) is 0 Å². The number of amides is 1. The number of nitrogens with zero attached hydrogens (tertiary/aromatic N) is 3. The van der Waals surface area contributed by atoms with Crippen LogP contribution in [0.3, 0.4) is 0 Å². The molecule has 0 aliphatic heterocycles. The van der Waals surface area contributed by atoms with Crippen molar-refractivity contribution in [2.75, 3.05) is 0 Å². The number of rotatable bonds is 5. The fourth-order valence-corrected chi connectivity index (χ4v) is 2.69. The van der Waals surface area contributed by atoms with Crippen molar-refractivity contribution in [3.05, 3.63) is 23.7 Å². The topological polar surface area (TPSA) is 78.7 Å². The number of hydrogen-bond donors (Lipinski definition) is 1. The number of aryl methyl sites for hydroxylation is 2. The molecule has 2 rings (SSSR count). The molecule has 6 heteroatoms. The molecule has 0 saturated heterocycles. The molecule has 0 radical (unpaired) electrons. The minimum Gasteiger partial charge on any atom is -0.343 e. The molecular weight excluding hydrogens is 248 g/mol. The van der Waals surface area contributed by atoms with Crippen molar-refractivity contribution in [1.29, 1.82) is 5.26 Å². The van der Waals surface area contributed by atoms with Gasteiger partial charge in [-0.15, -0.1) is 0 Å². The Kier molecular flexibility index (Phi) is 3.85. The lowest BCUT2D eigenvalue weighted by Gasteiger charge is -2.08. The Labute approximate surface area is 109 Å². The van der Waals surface area contributed by atoms with Gasteiger partial charge in [0, 0.05) is 17.8 Å². The molecule has 1 atom stereocenters. The van der Waals surface area contributed by atoms with Gasteiger partial charge in [0.2, 0.25) is 6.41 Å². The highest BCUT2D eigenvalue weighted by Gasteiger charge is 2.11. The predicted octanol–water partition coefficient (Wildman–Crippen LogP) is 1.57. The lowest BCUT2D eigenvalue weighted by molar-refractivity contribution is -0.109. The van der Waals surface area contributed by atoms with Crippen molar-refractivity contribution in [2.45, 2.75) is 25.8 Å². The smallest absolute Gasteiger partial charge is 0.208 e. The number of pyridine rings is 1. The van der Waals surface area contributed by atoms with Crippen molar-refractivity contribution in [3.8, 4) is 6.07 Å². The van der Waals surface area contributed by atoms with Crippen LogP contribution in [0, 0.1) is 18.3 Å². The molecule has 1 unspecified atom stereocenters. The van der Waals surface area contributed by atoms with Gasteiger partial charge in [-0.3, -0.25) is 9.78 Å². The van der Waals surface area contributed by atoms with E-state index in [4.69, 9.17) is 5.26 Å². The van der Waals surface area contributed by atoms with E-state index in [-0.39, 0.29) is 0 Å². The Bertz CT molecular complexity index is 602. The second-order valence-corrected chi connectivity index (χ2v) is 4.75. The zero-order valence-electron chi connectivity index (χ0n) is 9.88. The molecule has 0 aliphatic rings. The first kappa shape index (κ1) is 12.5. The lowest BCUT2D eigenvalue weighted by Crippen LogP contribution is -2.26. The summed E-state index contributed by atoms with van der Waals surface area (Å²) >= 11 is 1.43. The molecule has 0 saturated carbocycles. The summed E-state index contributed by atoms with van der Waals surface area (Å²) in [7, 11) is 0. The van der Waals surface area contributed by atoms with E-state index in [0.29, 0.717) is 19.3 Å². The molecule has 1 amide bonds. The first-order valence-corrected chi connectivity index (χ1v) is 6.31. The van der Waals surface area contributed by atoms with Crippen LogP contribution in [0.15, 0.2) is 12.4 Å². The maximum Gasteiger partial charge on any atom is 0.208 e. The molecule has 1 N–H and O–H groups in total. The van der Waals surface area contributed by atoms with Crippen molar-refractivity contribution in [3.63, 3.8) is 0 Å². The second kappa shape index (κ2) is 5.56. The Morgan fingerprint density at radius 2 is 2.44 bits per heavy atom. The highest BCUT2D eigenvalue weighted by Crippen LogP contribution is 2.25. The van der Waals surface area contributed by atoms with Crippen LogP contribution in [0.25, 0.3) is 10.1 Å². The minimum atomic E-state index is -0.454. The molecule has 0 spiro atoms. The minimum absolute atomic E-state index is 0.454. The zero-order chi connectivity index (χ0) is 13.0. The second-order valence-electron chi connectivity index (χ2n) is 3.94. The highest BCUT2D eigenvalue weighted by atomic mass is 32.1. The van der Waals surface area contributed by atoms with Crippen LogP contribution in [0.1, 0.15) is 17.7 Å². The summed E-state index contributed by atoms with van der Waals surface area (Å²) in [6.07, 6.45) is 5.44. The fraction of sp³-hybridized carbons (Fsp3) is 0.333. The molecule has 92 valence electrons. The van der Waals surface area contributed by atoms with Crippen molar-refractivity contribution in [2.24, 2.45) is 0 Å². The summed E-state index contributed by atoms with van der Waals surface area (Å²) in [5.74, 6) is 0. The predicted molar refractivity (Wildman–Crippen MR) is 69.1 cm³/mol. The summed E-state index contributed by atoms with van der Waals surface area (Å²) in [5.41, 5.74) is 2.07. The number of fused-ring (bicyclic) bond motifs is 1. The molecule has 0 bridgehead atoms. The van der Waals surface area contributed by atoms with Gasteiger partial charge in [-0.05, 0) is 36.9 Å². The lowest BCUT2D eigenvalue weighted by atomic mass is 10.0. The first-order valence-electron chi connectivity index (χ1n) is 5.54. The van der Waals surface area contributed by atoms with E-state index < -0.39 is 6.04 Å². The summed E-state index contributed by atoms with van der Waals surface area (Å²) in [4.78, 5) is 14.5. The van der Waals surface area contributed by atoms with Crippen LogP contribution >= 0.6 is 11.5 Å². The fourth-order valence-electron chi connectivity index (χ4n) is 1.88. The maximum atomic E-state index is 10.3. The standard InChI is InChI=1S/C12H12N4OS/c1-8-12-9(2-3-10(4-13)15-7-17)5-14-6-11(12)18-16-8/h5-7,10H,2-3H2,1H3,(H,15,17). The van der Waals surface area contributed by atoms with Gasteiger partial charge in [0.25, 0.3) is 0 Å². The summed E-state index contributed by atoms with van der Waals surface area (Å²) in [6.45, 7) is 1.97. The molecule has 0 aliphatic carbocycles. The molecule has 2 heterocycles. The Hall–Kier alpha value is -2.00. The van der Waals surface area contributed by atoms with Crippen molar-refractivity contribution >= 4 is 28.0 Å². The molecule has 2 aromatic heterocycles. The number of hydrogen-bond acceptors (Lipinski definition) is 5. The van der Waals surface area contributed by atoms with E-state index in [1.54, 1.807) is 12.4 Å². The number of carbonyl (C=O) groups is 1. The quantitative estimate of drug-likeness (QED) is 0.828. The van der Waals surface area contributed by atoms with E-state index in [1.807, 2.05) is 6.92 Å². The monoisotopic (exact) mass is 260 g/mol. The highest BCUT2D eigenvalue weighted by molar-refractivity contribution is 7.13.